The lowest BCUT2D eigenvalue weighted by Gasteiger charge is -2.35. The van der Waals surface area contributed by atoms with Gasteiger partial charge in [0.05, 0.1) is 19.8 Å². The topological polar surface area (TPSA) is 51.1 Å². The normalized spacial score (nSPS) is 18.9. The van der Waals surface area contributed by atoms with Gasteiger partial charge in [0.25, 0.3) is 0 Å². The second-order valence-corrected chi connectivity index (χ2v) is 6.38. The lowest BCUT2D eigenvalue weighted by Crippen LogP contribution is -2.46. The van der Waals surface area contributed by atoms with Gasteiger partial charge in [-0.1, -0.05) is 41.0 Å². The summed E-state index contributed by atoms with van der Waals surface area (Å²) in [6.45, 7) is 13.6. The van der Waals surface area contributed by atoms with Crippen LogP contribution in [0.4, 0.5) is 4.79 Å². The van der Waals surface area contributed by atoms with E-state index in [4.69, 9.17) is 9.47 Å². The average molecular weight is 284 g/mol. The van der Waals surface area contributed by atoms with Crippen molar-refractivity contribution in [1.82, 2.24) is 4.90 Å². The van der Waals surface area contributed by atoms with Gasteiger partial charge in [0, 0.05) is 18.5 Å². The average Bonchev–Trinajstić information content (AvgIpc) is 2.41. The molecule has 0 aromatic carbocycles. The minimum atomic E-state index is -0.485. The van der Waals surface area contributed by atoms with E-state index in [-0.39, 0.29) is 5.41 Å². The molecule has 1 atom stereocenters. The summed E-state index contributed by atoms with van der Waals surface area (Å²) in [5.41, 5.74) is -0.188. The van der Waals surface area contributed by atoms with Crippen LogP contribution < -0.4 is 0 Å². The van der Waals surface area contributed by atoms with Crippen molar-refractivity contribution in [2.45, 2.75) is 41.0 Å². The molecular weight excluding hydrogens is 256 g/mol. The molecule has 1 amide bonds. The standard InChI is InChI=1S/C15H28N2O3/c1-6-12(2)11-20-14(18)16-13(15(3,4)5)17-7-9-19-10-8-17/h12H,6-11H2,1-5H3/b16-13-. The first-order valence-corrected chi connectivity index (χ1v) is 7.43. The van der Waals surface area contributed by atoms with Crippen LogP contribution in [0.1, 0.15) is 41.0 Å². The van der Waals surface area contributed by atoms with Gasteiger partial charge in [-0.15, -0.1) is 0 Å². The molecule has 1 rings (SSSR count). The fourth-order valence-corrected chi connectivity index (χ4v) is 1.94. The van der Waals surface area contributed by atoms with Gasteiger partial charge in [-0.2, -0.15) is 4.99 Å². The summed E-state index contributed by atoms with van der Waals surface area (Å²) < 4.78 is 10.6. The van der Waals surface area contributed by atoms with Gasteiger partial charge in [-0.05, 0) is 5.92 Å². The highest BCUT2D eigenvalue weighted by Gasteiger charge is 2.27. The van der Waals surface area contributed by atoms with Gasteiger partial charge in [0.1, 0.15) is 5.84 Å². The Morgan fingerprint density at radius 2 is 1.95 bits per heavy atom. The van der Waals surface area contributed by atoms with E-state index < -0.39 is 6.09 Å². The molecule has 0 aromatic heterocycles. The lowest BCUT2D eigenvalue weighted by molar-refractivity contribution is 0.0641. The fraction of sp³-hybridized carbons (Fsp3) is 0.867. The SMILES string of the molecule is CCC(C)COC(=O)/N=C(\N1CCOCC1)C(C)(C)C. The summed E-state index contributed by atoms with van der Waals surface area (Å²) in [5.74, 6) is 1.16. The van der Waals surface area contributed by atoms with Crippen molar-refractivity contribution in [2.24, 2.45) is 16.3 Å². The molecule has 1 heterocycles. The van der Waals surface area contributed by atoms with Crippen LogP contribution in [0.2, 0.25) is 0 Å². The van der Waals surface area contributed by atoms with Gasteiger partial charge in [-0.3, -0.25) is 0 Å². The van der Waals surface area contributed by atoms with Crippen molar-refractivity contribution in [3.05, 3.63) is 0 Å². The molecule has 5 heteroatoms. The number of nitrogens with zero attached hydrogens (tertiary/aromatic N) is 2. The molecule has 1 fully saturated rings. The van der Waals surface area contributed by atoms with Crippen LogP contribution in [0, 0.1) is 11.3 Å². The third kappa shape index (κ3) is 5.49. The van der Waals surface area contributed by atoms with E-state index in [0.717, 1.165) is 25.3 Å². The van der Waals surface area contributed by atoms with Gasteiger partial charge in [0.15, 0.2) is 0 Å². The number of aliphatic imine (C=N–C) groups is 1. The third-order valence-electron chi connectivity index (χ3n) is 3.37. The zero-order valence-electron chi connectivity index (χ0n) is 13.4. The Kier molecular flexibility index (Phi) is 6.46. The van der Waals surface area contributed by atoms with Crippen molar-refractivity contribution in [3.63, 3.8) is 0 Å². The predicted molar refractivity (Wildman–Crippen MR) is 80.1 cm³/mol. The monoisotopic (exact) mass is 284 g/mol. The molecule has 20 heavy (non-hydrogen) atoms. The molecule has 1 saturated heterocycles. The Balaban J connectivity index is 2.71. The summed E-state index contributed by atoms with van der Waals surface area (Å²) in [6.07, 6.45) is 0.508. The maximum absolute atomic E-state index is 11.9. The Morgan fingerprint density at radius 3 is 2.45 bits per heavy atom. The van der Waals surface area contributed by atoms with E-state index in [1.165, 1.54) is 0 Å². The number of carbonyl (C=O) groups is 1. The molecule has 0 saturated carbocycles. The molecule has 0 bridgehead atoms. The molecule has 0 N–H and O–H groups in total. The van der Waals surface area contributed by atoms with Crippen molar-refractivity contribution >= 4 is 11.9 Å². The molecular formula is C15H28N2O3. The quantitative estimate of drug-likeness (QED) is 0.590. The number of hydrogen-bond acceptors (Lipinski definition) is 3. The lowest BCUT2D eigenvalue weighted by atomic mass is 9.93. The molecule has 1 unspecified atom stereocenters. The van der Waals surface area contributed by atoms with Crippen molar-refractivity contribution in [1.29, 1.82) is 0 Å². The van der Waals surface area contributed by atoms with Crippen LogP contribution in [0.25, 0.3) is 0 Å². The Morgan fingerprint density at radius 1 is 1.35 bits per heavy atom. The Bertz CT molecular complexity index is 342. The smallest absolute Gasteiger partial charge is 0.435 e. The number of carbonyl (C=O) groups excluding carboxylic acids is 1. The fourth-order valence-electron chi connectivity index (χ4n) is 1.94. The Hall–Kier alpha value is -1.10. The van der Waals surface area contributed by atoms with E-state index in [1.807, 2.05) is 0 Å². The third-order valence-corrected chi connectivity index (χ3v) is 3.37. The first-order chi connectivity index (χ1) is 9.34. The first kappa shape index (κ1) is 17.0. The van der Waals surface area contributed by atoms with E-state index in [1.54, 1.807) is 0 Å². The summed E-state index contributed by atoms with van der Waals surface area (Å²) in [6, 6.07) is 0. The summed E-state index contributed by atoms with van der Waals surface area (Å²) in [4.78, 5) is 18.2. The zero-order chi connectivity index (χ0) is 15.2. The number of ether oxygens (including phenoxy) is 2. The molecule has 5 nitrogen and oxygen atoms in total. The van der Waals surface area contributed by atoms with E-state index in [9.17, 15) is 4.79 Å². The van der Waals surface area contributed by atoms with Crippen LogP contribution in [0.5, 0.6) is 0 Å². The molecule has 116 valence electrons. The van der Waals surface area contributed by atoms with E-state index in [0.29, 0.717) is 25.7 Å². The molecule has 1 aliphatic heterocycles. The van der Waals surface area contributed by atoms with Crippen molar-refractivity contribution in [3.8, 4) is 0 Å². The highest BCUT2D eigenvalue weighted by Crippen LogP contribution is 2.20. The highest BCUT2D eigenvalue weighted by atomic mass is 16.5. The first-order valence-electron chi connectivity index (χ1n) is 7.43. The molecule has 0 aliphatic carbocycles. The zero-order valence-corrected chi connectivity index (χ0v) is 13.4. The molecule has 1 aliphatic rings. The molecule has 0 spiro atoms. The largest absolute Gasteiger partial charge is 0.448 e. The van der Waals surface area contributed by atoms with Crippen LogP contribution in [0.3, 0.4) is 0 Å². The van der Waals surface area contributed by atoms with Gasteiger partial charge in [0.2, 0.25) is 0 Å². The summed E-state index contributed by atoms with van der Waals surface area (Å²) >= 11 is 0. The minimum Gasteiger partial charge on any atom is -0.448 e. The van der Waals surface area contributed by atoms with Gasteiger partial charge in [-0.25, -0.2) is 4.79 Å². The second-order valence-electron chi connectivity index (χ2n) is 6.38. The van der Waals surface area contributed by atoms with Crippen LogP contribution in [-0.2, 0) is 9.47 Å². The highest BCUT2D eigenvalue weighted by molar-refractivity contribution is 5.95. The predicted octanol–water partition coefficient (Wildman–Crippen LogP) is 2.95. The molecule has 0 radical (unpaired) electrons. The Labute approximate surface area is 122 Å². The maximum atomic E-state index is 11.9. The van der Waals surface area contributed by atoms with Crippen LogP contribution in [-0.4, -0.2) is 49.7 Å². The summed E-state index contributed by atoms with van der Waals surface area (Å²) in [7, 11) is 0. The number of morpholine rings is 1. The van der Waals surface area contributed by atoms with Crippen molar-refractivity contribution < 1.29 is 14.3 Å². The molecule has 0 aromatic rings. The maximum Gasteiger partial charge on any atom is 0.435 e. The van der Waals surface area contributed by atoms with Crippen molar-refractivity contribution in [2.75, 3.05) is 32.9 Å². The number of hydrogen-bond donors (Lipinski definition) is 0. The minimum absolute atomic E-state index is 0.188. The van der Waals surface area contributed by atoms with Crippen LogP contribution >= 0.6 is 0 Å². The van der Waals surface area contributed by atoms with E-state index >= 15 is 0 Å². The summed E-state index contributed by atoms with van der Waals surface area (Å²) in [5, 5.41) is 0. The van der Waals surface area contributed by atoms with Crippen LogP contribution in [0.15, 0.2) is 4.99 Å². The van der Waals surface area contributed by atoms with Gasteiger partial charge >= 0.3 is 6.09 Å². The number of amides is 1. The van der Waals surface area contributed by atoms with E-state index in [2.05, 4.69) is 44.5 Å². The number of rotatable bonds is 3. The van der Waals surface area contributed by atoms with Gasteiger partial charge < -0.3 is 14.4 Å². The number of amidine groups is 1. The second kappa shape index (κ2) is 7.62.